The van der Waals surface area contributed by atoms with Crippen LogP contribution in [0.2, 0.25) is 0 Å². The topological polar surface area (TPSA) is 70.9 Å². The van der Waals surface area contributed by atoms with Crippen molar-refractivity contribution in [2.24, 2.45) is 7.05 Å². The van der Waals surface area contributed by atoms with E-state index in [2.05, 4.69) is 11.2 Å². The summed E-state index contributed by atoms with van der Waals surface area (Å²) in [7, 11) is 1.86. The second-order valence-electron chi connectivity index (χ2n) is 4.34. The lowest BCUT2D eigenvalue weighted by atomic mass is 10.2. The Labute approximate surface area is 112 Å². The number of nitrogens with zero attached hydrogens (tertiary/aromatic N) is 4. The fourth-order valence-corrected chi connectivity index (χ4v) is 2.11. The molecule has 19 heavy (non-hydrogen) atoms. The Morgan fingerprint density at radius 3 is 2.58 bits per heavy atom. The molecular weight excluding hydrogens is 238 g/mol. The number of para-hydroxylation sites is 1. The third-order valence-corrected chi connectivity index (χ3v) is 3.01. The highest BCUT2D eigenvalue weighted by molar-refractivity contribution is 5.73. The summed E-state index contributed by atoms with van der Waals surface area (Å²) >= 11 is 0. The van der Waals surface area contributed by atoms with E-state index in [4.69, 9.17) is 11.0 Å². The van der Waals surface area contributed by atoms with E-state index in [1.54, 1.807) is 4.68 Å². The first kappa shape index (κ1) is 13.0. The molecule has 0 saturated carbocycles. The Balaban J connectivity index is 2.46. The maximum atomic E-state index is 8.82. The third-order valence-electron chi connectivity index (χ3n) is 3.01. The lowest BCUT2D eigenvalue weighted by Crippen LogP contribution is -2.21. The first-order chi connectivity index (χ1) is 9.15. The number of aromatic nitrogens is 2. The average molecular weight is 255 g/mol. The summed E-state index contributed by atoms with van der Waals surface area (Å²) in [6.45, 7) is 2.47. The Bertz CT molecular complexity index is 594. The van der Waals surface area contributed by atoms with Gasteiger partial charge < -0.3 is 10.6 Å². The Morgan fingerprint density at radius 2 is 2.05 bits per heavy atom. The molecule has 0 aliphatic heterocycles. The van der Waals surface area contributed by atoms with Crippen molar-refractivity contribution in [2.45, 2.75) is 13.3 Å². The van der Waals surface area contributed by atoms with Crippen LogP contribution in [0.25, 0.3) is 0 Å². The molecule has 0 amide bonds. The van der Waals surface area contributed by atoms with Crippen molar-refractivity contribution in [1.82, 2.24) is 9.78 Å². The monoisotopic (exact) mass is 255 g/mol. The molecule has 5 heteroatoms. The van der Waals surface area contributed by atoms with E-state index in [0.717, 1.165) is 17.2 Å². The van der Waals surface area contributed by atoms with E-state index in [1.807, 2.05) is 49.2 Å². The van der Waals surface area contributed by atoms with Crippen LogP contribution in [0.4, 0.5) is 17.2 Å². The van der Waals surface area contributed by atoms with Gasteiger partial charge in [-0.3, -0.25) is 4.68 Å². The van der Waals surface area contributed by atoms with Crippen LogP contribution in [0.3, 0.4) is 0 Å². The lowest BCUT2D eigenvalue weighted by Gasteiger charge is -2.24. The van der Waals surface area contributed by atoms with Crippen molar-refractivity contribution >= 4 is 17.2 Å². The zero-order valence-electron chi connectivity index (χ0n) is 11.2. The zero-order valence-corrected chi connectivity index (χ0v) is 11.2. The number of nitrogen functional groups attached to an aromatic ring is 1. The molecule has 5 nitrogen and oxygen atoms in total. The number of rotatable bonds is 4. The molecule has 2 rings (SSSR count). The fraction of sp³-hybridized carbons (Fsp3) is 0.286. The SMILES string of the molecule is Cc1nn(C)c(N(CCC#N)c2ccccc2)c1N. The second-order valence-corrected chi connectivity index (χ2v) is 4.34. The minimum Gasteiger partial charge on any atom is -0.394 e. The number of nitrogens with two attached hydrogens (primary N) is 1. The molecule has 0 spiro atoms. The van der Waals surface area contributed by atoms with Gasteiger partial charge in [-0.25, -0.2) is 0 Å². The van der Waals surface area contributed by atoms with Crippen molar-refractivity contribution < 1.29 is 0 Å². The van der Waals surface area contributed by atoms with Gasteiger partial charge in [0.2, 0.25) is 0 Å². The normalized spacial score (nSPS) is 10.2. The Kier molecular flexibility index (Phi) is 3.71. The van der Waals surface area contributed by atoms with Gasteiger partial charge in [-0.15, -0.1) is 0 Å². The number of benzene rings is 1. The van der Waals surface area contributed by atoms with Crippen LogP contribution < -0.4 is 10.6 Å². The molecular formula is C14H17N5. The van der Waals surface area contributed by atoms with Gasteiger partial charge in [0.25, 0.3) is 0 Å². The van der Waals surface area contributed by atoms with Crippen molar-refractivity contribution in [3.05, 3.63) is 36.0 Å². The standard InChI is InChI=1S/C14H17N5/c1-11-13(16)14(18(2)17-11)19(10-6-9-15)12-7-4-3-5-8-12/h3-5,7-8H,6,10,16H2,1-2H3. The van der Waals surface area contributed by atoms with Crippen molar-refractivity contribution in [2.75, 3.05) is 17.2 Å². The molecule has 0 fully saturated rings. The molecule has 98 valence electrons. The quantitative estimate of drug-likeness (QED) is 0.910. The van der Waals surface area contributed by atoms with E-state index in [1.165, 1.54) is 0 Å². The Morgan fingerprint density at radius 1 is 1.37 bits per heavy atom. The first-order valence-electron chi connectivity index (χ1n) is 6.13. The number of nitriles is 1. The molecule has 0 bridgehead atoms. The fourth-order valence-electron chi connectivity index (χ4n) is 2.11. The van der Waals surface area contributed by atoms with E-state index in [-0.39, 0.29) is 0 Å². The largest absolute Gasteiger partial charge is 0.394 e. The maximum Gasteiger partial charge on any atom is 0.154 e. The summed E-state index contributed by atoms with van der Waals surface area (Å²) in [5.74, 6) is 0.832. The van der Waals surface area contributed by atoms with Gasteiger partial charge in [0.15, 0.2) is 5.82 Å². The van der Waals surface area contributed by atoms with Crippen LogP contribution >= 0.6 is 0 Å². The van der Waals surface area contributed by atoms with Gasteiger partial charge >= 0.3 is 0 Å². The van der Waals surface area contributed by atoms with Gasteiger partial charge in [-0.2, -0.15) is 10.4 Å². The maximum absolute atomic E-state index is 8.82. The minimum atomic E-state index is 0.429. The number of hydrogen-bond donors (Lipinski definition) is 1. The van der Waals surface area contributed by atoms with Gasteiger partial charge in [0, 0.05) is 19.3 Å². The molecule has 0 saturated heterocycles. The van der Waals surface area contributed by atoms with Crippen molar-refractivity contribution in [3.63, 3.8) is 0 Å². The zero-order chi connectivity index (χ0) is 13.8. The number of anilines is 3. The molecule has 0 radical (unpaired) electrons. The average Bonchev–Trinajstić information content (AvgIpc) is 2.67. The van der Waals surface area contributed by atoms with Crippen LogP contribution in [-0.2, 0) is 7.05 Å². The molecule has 1 heterocycles. The summed E-state index contributed by atoms with van der Waals surface area (Å²) < 4.78 is 1.76. The van der Waals surface area contributed by atoms with Gasteiger partial charge in [0.05, 0.1) is 23.9 Å². The number of hydrogen-bond acceptors (Lipinski definition) is 4. The molecule has 2 aromatic rings. The van der Waals surface area contributed by atoms with Gasteiger partial charge in [-0.05, 0) is 19.1 Å². The van der Waals surface area contributed by atoms with E-state index in [0.29, 0.717) is 18.7 Å². The van der Waals surface area contributed by atoms with Crippen molar-refractivity contribution in [1.29, 1.82) is 5.26 Å². The van der Waals surface area contributed by atoms with Gasteiger partial charge in [-0.1, -0.05) is 18.2 Å². The number of aryl methyl sites for hydroxylation is 2. The first-order valence-corrected chi connectivity index (χ1v) is 6.13. The van der Waals surface area contributed by atoms with Crippen LogP contribution in [0.1, 0.15) is 12.1 Å². The summed E-state index contributed by atoms with van der Waals surface area (Å²) in [6, 6.07) is 12.1. The van der Waals surface area contributed by atoms with E-state index < -0.39 is 0 Å². The smallest absolute Gasteiger partial charge is 0.154 e. The van der Waals surface area contributed by atoms with Crippen molar-refractivity contribution in [3.8, 4) is 6.07 Å². The summed E-state index contributed by atoms with van der Waals surface area (Å²) in [5.41, 5.74) is 8.57. The van der Waals surface area contributed by atoms with Gasteiger partial charge in [0.1, 0.15) is 0 Å². The Hall–Kier alpha value is -2.48. The summed E-state index contributed by atoms with van der Waals surface area (Å²) in [5, 5.41) is 13.2. The predicted molar refractivity (Wildman–Crippen MR) is 76.0 cm³/mol. The molecule has 0 unspecified atom stereocenters. The van der Waals surface area contributed by atoms with Crippen LogP contribution in [0.15, 0.2) is 30.3 Å². The van der Waals surface area contributed by atoms with Crippen LogP contribution in [0, 0.1) is 18.3 Å². The lowest BCUT2D eigenvalue weighted by molar-refractivity contribution is 0.737. The van der Waals surface area contributed by atoms with E-state index in [9.17, 15) is 0 Å². The molecule has 0 atom stereocenters. The second kappa shape index (κ2) is 5.44. The minimum absolute atomic E-state index is 0.429. The summed E-state index contributed by atoms with van der Waals surface area (Å²) in [6.07, 6.45) is 0.429. The summed E-state index contributed by atoms with van der Waals surface area (Å²) in [4.78, 5) is 2.03. The highest BCUT2D eigenvalue weighted by Crippen LogP contribution is 2.31. The molecule has 1 aromatic heterocycles. The molecule has 0 aliphatic rings. The highest BCUT2D eigenvalue weighted by atomic mass is 15.4. The molecule has 0 aliphatic carbocycles. The van der Waals surface area contributed by atoms with E-state index >= 15 is 0 Å². The van der Waals surface area contributed by atoms with Crippen LogP contribution in [-0.4, -0.2) is 16.3 Å². The third kappa shape index (κ3) is 2.52. The molecule has 1 aromatic carbocycles. The molecule has 2 N–H and O–H groups in total. The predicted octanol–water partition coefficient (Wildman–Crippen LogP) is 2.36. The van der Waals surface area contributed by atoms with Crippen LogP contribution in [0.5, 0.6) is 0 Å². The highest BCUT2D eigenvalue weighted by Gasteiger charge is 2.18.